The molecule has 0 saturated heterocycles. The summed E-state index contributed by atoms with van der Waals surface area (Å²) in [5.41, 5.74) is 8.41. The maximum atomic E-state index is 9.50. The van der Waals surface area contributed by atoms with Crippen LogP contribution in [0.5, 0.6) is 5.75 Å². The van der Waals surface area contributed by atoms with Crippen molar-refractivity contribution in [3.8, 4) is 5.75 Å². The SMILES string of the molecule is CCCCc1cc(N)cc(O)c1C. The summed E-state index contributed by atoms with van der Waals surface area (Å²) >= 11 is 0. The van der Waals surface area contributed by atoms with E-state index in [0.717, 1.165) is 24.8 Å². The first-order chi connectivity index (χ1) is 6.15. The van der Waals surface area contributed by atoms with Crippen LogP contribution >= 0.6 is 0 Å². The predicted molar refractivity (Wildman–Crippen MR) is 55.9 cm³/mol. The Balaban J connectivity index is 2.92. The first-order valence-corrected chi connectivity index (χ1v) is 4.73. The molecule has 72 valence electrons. The minimum Gasteiger partial charge on any atom is -0.508 e. The number of anilines is 1. The number of aromatic hydroxyl groups is 1. The molecule has 0 radical (unpaired) electrons. The van der Waals surface area contributed by atoms with E-state index in [1.165, 1.54) is 5.56 Å². The van der Waals surface area contributed by atoms with E-state index in [1.807, 2.05) is 13.0 Å². The summed E-state index contributed by atoms with van der Waals surface area (Å²) in [6.07, 6.45) is 3.31. The van der Waals surface area contributed by atoms with E-state index < -0.39 is 0 Å². The lowest BCUT2D eigenvalue weighted by molar-refractivity contribution is 0.470. The van der Waals surface area contributed by atoms with Crippen LogP contribution in [0.25, 0.3) is 0 Å². The molecule has 13 heavy (non-hydrogen) atoms. The van der Waals surface area contributed by atoms with Crippen molar-refractivity contribution in [3.05, 3.63) is 23.3 Å². The zero-order valence-electron chi connectivity index (χ0n) is 8.30. The number of phenols is 1. The van der Waals surface area contributed by atoms with E-state index in [-0.39, 0.29) is 0 Å². The highest BCUT2D eigenvalue weighted by Crippen LogP contribution is 2.25. The van der Waals surface area contributed by atoms with Crippen molar-refractivity contribution < 1.29 is 5.11 Å². The molecule has 0 amide bonds. The first-order valence-electron chi connectivity index (χ1n) is 4.73. The Bertz CT molecular complexity index is 294. The summed E-state index contributed by atoms with van der Waals surface area (Å²) in [6, 6.07) is 3.55. The molecule has 1 aromatic rings. The third-order valence-corrected chi connectivity index (χ3v) is 2.31. The highest BCUT2D eigenvalue weighted by molar-refractivity contribution is 5.52. The lowest BCUT2D eigenvalue weighted by atomic mass is 10.0. The minimum atomic E-state index is 0.311. The van der Waals surface area contributed by atoms with E-state index in [0.29, 0.717) is 11.4 Å². The molecule has 2 nitrogen and oxygen atoms in total. The van der Waals surface area contributed by atoms with Gasteiger partial charge in [-0.15, -0.1) is 0 Å². The maximum Gasteiger partial charge on any atom is 0.120 e. The molecule has 1 aromatic carbocycles. The fourth-order valence-electron chi connectivity index (χ4n) is 1.41. The molecule has 0 saturated carbocycles. The summed E-state index contributed by atoms with van der Waals surface area (Å²) in [5, 5.41) is 9.50. The van der Waals surface area contributed by atoms with Crippen LogP contribution in [0.4, 0.5) is 5.69 Å². The maximum absolute atomic E-state index is 9.50. The number of nitrogens with two attached hydrogens (primary N) is 1. The van der Waals surface area contributed by atoms with Crippen LogP contribution < -0.4 is 5.73 Å². The van der Waals surface area contributed by atoms with Gasteiger partial charge < -0.3 is 10.8 Å². The first kappa shape index (κ1) is 9.90. The number of benzene rings is 1. The number of rotatable bonds is 3. The van der Waals surface area contributed by atoms with Crippen LogP contribution in [-0.4, -0.2) is 5.11 Å². The van der Waals surface area contributed by atoms with Crippen LogP contribution in [0.3, 0.4) is 0 Å². The lowest BCUT2D eigenvalue weighted by Crippen LogP contribution is -1.93. The zero-order chi connectivity index (χ0) is 9.84. The number of hydrogen-bond donors (Lipinski definition) is 2. The van der Waals surface area contributed by atoms with Crippen LogP contribution in [0.2, 0.25) is 0 Å². The van der Waals surface area contributed by atoms with Crippen molar-refractivity contribution in [1.82, 2.24) is 0 Å². The van der Waals surface area contributed by atoms with Crippen LogP contribution in [0, 0.1) is 6.92 Å². The van der Waals surface area contributed by atoms with Gasteiger partial charge in [0.1, 0.15) is 5.75 Å². The van der Waals surface area contributed by atoms with Crippen molar-refractivity contribution in [2.75, 3.05) is 5.73 Å². The lowest BCUT2D eigenvalue weighted by Gasteiger charge is -2.08. The molecule has 0 atom stereocenters. The molecule has 0 spiro atoms. The van der Waals surface area contributed by atoms with Crippen molar-refractivity contribution in [1.29, 1.82) is 0 Å². The predicted octanol–water partition coefficient (Wildman–Crippen LogP) is 2.63. The van der Waals surface area contributed by atoms with E-state index >= 15 is 0 Å². The molecule has 0 aromatic heterocycles. The van der Waals surface area contributed by atoms with Gasteiger partial charge in [-0.1, -0.05) is 13.3 Å². The van der Waals surface area contributed by atoms with E-state index in [4.69, 9.17) is 5.73 Å². The number of hydrogen-bond acceptors (Lipinski definition) is 2. The Labute approximate surface area is 79.4 Å². The molecular formula is C11H17NO. The Kier molecular flexibility index (Phi) is 3.18. The van der Waals surface area contributed by atoms with Gasteiger partial charge in [0, 0.05) is 11.8 Å². The topological polar surface area (TPSA) is 46.2 Å². The third-order valence-electron chi connectivity index (χ3n) is 2.31. The zero-order valence-corrected chi connectivity index (χ0v) is 8.30. The fourth-order valence-corrected chi connectivity index (χ4v) is 1.41. The quantitative estimate of drug-likeness (QED) is 0.701. The second-order valence-electron chi connectivity index (χ2n) is 3.43. The molecule has 0 heterocycles. The highest BCUT2D eigenvalue weighted by atomic mass is 16.3. The fraction of sp³-hybridized carbons (Fsp3) is 0.455. The van der Waals surface area contributed by atoms with Crippen molar-refractivity contribution >= 4 is 5.69 Å². The van der Waals surface area contributed by atoms with Gasteiger partial charge in [-0.05, 0) is 37.0 Å². The molecule has 0 aliphatic rings. The van der Waals surface area contributed by atoms with Crippen LogP contribution in [0.1, 0.15) is 30.9 Å². The number of nitrogen functional groups attached to an aromatic ring is 1. The smallest absolute Gasteiger partial charge is 0.120 e. The molecule has 0 fully saturated rings. The van der Waals surface area contributed by atoms with Gasteiger partial charge in [0.25, 0.3) is 0 Å². The van der Waals surface area contributed by atoms with Gasteiger partial charge in [0.05, 0.1) is 0 Å². The molecule has 3 N–H and O–H groups in total. The Morgan fingerprint density at radius 2 is 2.08 bits per heavy atom. The summed E-state index contributed by atoms with van der Waals surface area (Å²) in [6.45, 7) is 4.08. The average molecular weight is 179 g/mol. The van der Waals surface area contributed by atoms with Crippen molar-refractivity contribution in [2.45, 2.75) is 33.1 Å². The summed E-state index contributed by atoms with van der Waals surface area (Å²) < 4.78 is 0. The standard InChI is InChI=1S/C11H17NO/c1-3-4-5-9-6-10(12)7-11(13)8(9)2/h6-7,13H,3-5,12H2,1-2H3. The molecule has 1 rings (SSSR count). The van der Waals surface area contributed by atoms with Crippen molar-refractivity contribution in [2.24, 2.45) is 0 Å². The third kappa shape index (κ3) is 2.38. The van der Waals surface area contributed by atoms with Gasteiger partial charge in [-0.25, -0.2) is 0 Å². The normalized spacial score (nSPS) is 10.3. The minimum absolute atomic E-state index is 0.311. The molecule has 0 aliphatic carbocycles. The number of phenolic OH excluding ortho intramolecular Hbond substituents is 1. The van der Waals surface area contributed by atoms with Crippen molar-refractivity contribution in [3.63, 3.8) is 0 Å². The van der Waals surface area contributed by atoms with Gasteiger partial charge in [-0.3, -0.25) is 0 Å². The summed E-state index contributed by atoms with van der Waals surface area (Å²) in [4.78, 5) is 0. The molecule has 0 aliphatic heterocycles. The highest BCUT2D eigenvalue weighted by Gasteiger charge is 2.03. The Hall–Kier alpha value is -1.18. The summed E-state index contributed by atoms with van der Waals surface area (Å²) in [5.74, 6) is 0.311. The number of aryl methyl sites for hydroxylation is 1. The van der Waals surface area contributed by atoms with E-state index in [2.05, 4.69) is 6.92 Å². The van der Waals surface area contributed by atoms with E-state index in [1.54, 1.807) is 6.07 Å². The molecule has 0 unspecified atom stereocenters. The average Bonchev–Trinajstić information content (AvgIpc) is 2.09. The molecular weight excluding hydrogens is 162 g/mol. The molecule has 0 bridgehead atoms. The van der Waals surface area contributed by atoms with Crippen LogP contribution in [-0.2, 0) is 6.42 Å². The van der Waals surface area contributed by atoms with Gasteiger partial charge in [-0.2, -0.15) is 0 Å². The second kappa shape index (κ2) is 4.17. The number of unbranched alkanes of at least 4 members (excludes halogenated alkanes) is 1. The van der Waals surface area contributed by atoms with E-state index in [9.17, 15) is 5.11 Å². The second-order valence-corrected chi connectivity index (χ2v) is 3.43. The monoisotopic (exact) mass is 179 g/mol. The van der Waals surface area contributed by atoms with Gasteiger partial charge in [0.15, 0.2) is 0 Å². The van der Waals surface area contributed by atoms with Crippen LogP contribution in [0.15, 0.2) is 12.1 Å². The Morgan fingerprint density at radius 3 is 2.69 bits per heavy atom. The molecule has 2 heteroatoms. The summed E-state index contributed by atoms with van der Waals surface area (Å²) in [7, 11) is 0. The largest absolute Gasteiger partial charge is 0.508 e. The van der Waals surface area contributed by atoms with Gasteiger partial charge >= 0.3 is 0 Å². The van der Waals surface area contributed by atoms with Gasteiger partial charge in [0.2, 0.25) is 0 Å². The Morgan fingerprint density at radius 1 is 1.38 bits per heavy atom.